The molecular formula is C21H21N5O2S2. The molecule has 7 nitrogen and oxygen atoms in total. The number of aryl methyl sites for hydroxylation is 2. The predicted molar refractivity (Wildman–Crippen MR) is 124 cm³/mol. The van der Waals surface area contributed by atoms with E-state index in [2.05, 4.69) is 26.3 Å². The van der Waals surface area contributed by atoms with Gasteiger partial charge in [0.1, 0.15) is 11.0 Å². The lowest BCUT2D eigenvalue weighted by Gasteiger charge is -2.19. The lowest BCUT2D eigenvalue weighted by molar-refractivity contribution is 0.685. The van der Waals surface area contributed by atoms with E-state index < -0.39 is 11.0 Å². The van der Waals surface area contributed by atoms with Gasteiger partial charge in [-0.05, 0) is 48.7 Å². The second kappa shape index (κ2) is 8.76. The molecule has 4 rings (SSSR count). The minimum Gasteiger partial charge on any atom is -0.324 e. The molecule has 0 saturated heterocycles. The van der Waals surface area contributed by atoms with Crippen molar-refractivity contribution in [3.8, 4) is 0 Å². The number of H-pyrrole nitrogens is 1. The maximum absolute atomic E-state index is 11.9. The van der Waals surface area contributed by atoms with Crippen molar-refractivity contribution >= 4 is 49.9 Å². The molecule has 154 valence electrons. The minimum atomic E-state index is -1.08. The fraction of sp³-hybridized carbons (Fsp3) is 0.190. The number of aromatic nitrogens is 3. The zero-order valence-electron chi connectivity index (χ0n) is 16.6. The van der Waals surface area contributed by atoms with E-state index in [-0.39, 0.29) is 4.87 Å². The van der Waals surface area contributed by atoms with Crippen LogP contribution in [0, 0.1) is 0 Å². The van der Waals surface area contributed by atoms with Crippen LogP contribution in [0.3, 0.4) is 0 Å². The highest BCUT2D eigenvalue weighted by atomic mass is 32.2. The number of anilines is 3. The van der Waals surface area contributed by atoms with Crippen LogP contribution >= 0.6 is 11.3 Å². The Hall–Kier alpha value is -3.04. The summed E-state index contributed by atoms with van der Waals surface area (Å²) in [6, 6.07) is 15.5. The van der Waals surface area contributed by atoms with Crippen molar-refractivity contribution in [1.82, 2.24) is 15.0 Å². The molecule has 30 heavy (non-hydrogen) atoms. The Morgan fingerprint density at radius 3 is 2.83 bits per heavy atom. The number of para-hydroxylation sites is 1. The Balaban J connectivity index is 1.49. The second-order valence-electron chi connectivity index (χ2n) is 6.77. The van der Waals surface area contributed by atoms with Crippen molar-refractivity contribution < 1.29 is 4.21 Å². The lowest BCUT2D eigenvalue weighted by atomic mass is 10.1. The van der Waals surface area contributed by atoms with Crippen LogP contribution in [0.25, 0.3) is 10.2 Å². The number of nitrogens with zero attached hydrogens (tertiary/aromatic N) is 3. The molecule has 0 saturated carbocycles. The monoisotopic (exact) mass is 439 g/mol. The maximum Gasteiger partial charge on any atom is 0.305 e. The summed E-state index contributed by atoms with van der Waals surface area (Å²) in [5.74, 6) is 0.504. The van der Waals surface area contributed by atoms with Crippen molar-refractivity contribution in [1.29, 1.82) is 0 Å². The zero-order valence-corrected chi connectivity index (χ0v) is 18.2. The summed E-state index contributed by atoms with van der Waals surface area (Å²) >= 11 is 1.19. The van der Waals surface area contributed by atoms with Crippen LogP contribution in [0.1, 0.15) is 11.3 Å². The van der Waals surface area contributed by atoms with Crippen LogP contribution in [-0.2, 0) is 23.8 Å². The normalized spacial score (nSPS) is 12.1. The van der Waals surface area contributed by atoms with Gasteiger partial charge in [-0.3, -0.25) is 9.10 Å². The molecule has 0 spiro atoms. The quantitative estimate of drug-likeness (QED) is 0.459. The number of benzene rings is 2. The highest BCUT2D eigenvalue weighted by molar-refractivity contribution is 7.85. The number of hydrogen-bond donors (Lipinski definition) is 2. The van der Waals surface area contributed by atoms with E-state index >= 15 is 0 Å². The van der Waals surface area contributed by atoms with Gasteiger partial charge in [0.25, 0.3) is 0 Å². The van der Waals surface area contributed by atoms with Gasteiger partial charge in [0.2, 0.25) is 5.95 Å². The van der Waals surface area contributed by atoms with Crippen LogP contribution in [0.5, 0.6) is 0 Å². The summed E-state index contributed by atoms with van der Waals surface area (Å²) in [6.07, 6.45) is 4.91. The molecule has 0 aliphatic heterocycles. The Morgan fingerprint density at radius 2 is 2.00 bits per heavy atom. The summed E-state index contributed by atoms with van der Waals surface area (Å²) in [4.78, 5) is 23.2. The third-order valence-corrected chi connectivity index (χ3v) is 6.59. The molecule has 1 atom stereocenters. The van der Waals surface area contributed by atoms with Gasteiger partial charge in [-0.25, -0.2) is 14.2 Å². The number of rotatable bonds is 7. The van der Waals surface area contributed by atoms with Gasteiger partial charge in [0, 0.05) is 30.9 Å². The summed E-state index contributed by atoms with van der Waals surface area (Å²) in [6.45, 7) is 0. The Labute approximate surface area is 180 Å². The molecule has 4 aromatic rings. The summed E-state index contributed by atoms with van der Waals surface area (Å²) in [7, 11) is 0.754. The number of aromatic amines is 1. The van der Waals surface area contributed by atoms with E-state index in [1.807, 2.05) is 49.5 Å². The van der Waals surface area contributed by atoms with Gasteiger partial charge in [-0.15, -0.1) is 0 Å². The van der Waals surface area contributed by atoms with E-state index in [0.29, 0.717) is 5.95 Å². The van der Waals surface area contributed by atoms with Gasteiger partial charge >= 0.3 is 4.87 Å². The predicted octanol–water partition coefficient (Wildman–Crippen LogP) is 3.64. The van der Waals surface area contributed by atoms with E-state index in [9.17, 15) is 9.00 Å². The van der Waals surface area contributed by atoms with Gasteiger partial charge in [0.15, 0.2) is 0 Å². The second-order valence-corrected chi connectivity index (χ2v) is 9.18. The van der Waals surface area contributed by atoms with Gasteiger partial charge < -0.3 is 10.3 Å². The van der Waals surface area contributed by atoms with Crippen LogP contribution in [0.2, 0.25) is 0 Å². The SMILES string of the molecule is CN(c1ccccc1CCc1ccnc(Nc2ccc3sc(=O)[nH]c3c2)n1)S(C)=O. The molecule has 0 bridgehead atoms. The molecule has 2 N–H and O–H groups in total. The third-order valence-electron chi connectivity index (χ3n) is 4.76. The average molecular weight is 440 g/mol. The fourth-order valence-corrected chi connectivity index (χ4v) is 4.36. The largest absolute Gasteiger partial charge is 0.324 e. The number of thiazole rings is 1. The van der Waals surface area contributed by atoms with Gasteiger partial charge in [0.05, 0.1) is 15.9 Å². The van der Waals surface area contributed by atoms with E-state index in [1.54, 1.807) is 16.8 Å². The van der Waals surface area contributed by atoms with Crippen molar-refractivity contribution in [2.75, 3.05) is 22.9 Å². The molecule has 2 heterocycles. The van der Waals surface area contributed by atoms with Gasteiger partial charge in [-0.1, -0.05) is 29.5 Å². The van der Waals surface area contributed by atoms with E-state index in [1.165, 1.54) is 11.3 Å². The molecule has 2 aromatic heterocycles. The third kappa shape index (κ3) is 4.58. The molecule has 9 heteroatoms. The Bertz CT molecular complexity index is 1270. The van der Waals surface area contributed by atoms with Crippen molar-refractivity contribution in [2.24, 2.45) is 0 Å². The van der Waals surface area contributed by atoms with E-state index in [0.717, 1.165) is 45.7 Å². The minimum absolute atomic E-state index is 0.0711. The first kappa shape index (κ1) is 20.2. The van der Waals surface area contributed by atoms with Crippen LogP contribution in [0.15, 0.2) is 59.5 Å². The van der Waals surface area contributed by atoms with E-state index in [4.69, 9.17) is 0 Å². The van der Waals surface area contributed by atoms with Crippen LogP contribution in [-0.4, -0.2) is 32.5 Å². The number of fused-ring (bicyclic) bond motifs is 1. The van der Waals surface area contributed by atoms with Crippen molar-refractivity contribution in [3.63, 3.8) is 0 Å². The first-order chi connectivity index (χ1) is 14.5. The first-order valence-electron chi connectivity index (χ1n) is 9.36. The Kier molecular flexibility index (Phi) is 5.91. The molecular weight excluding hydrogens is 418 g/mol. The number of nitrogens with one attached hydrogen (secondary N) is 2. The fourth-order valence-electron chi connectivity index (χ4n) is 3.19. The molecule has 0 aliphatic carbocycles. The number of hydrogen-bond acceptors (Lipinski definition) is 6. The van der Waals surface area contributed by atoms with Crippen molar-refractivity contribution in [3.05, 3.63) is 75.7 Å². The van der Waals surface area contributed by atoms with Gasteiger partial charge in [-0.2, -0.15) is 0 Å². The molecule has 0 radical (unpaired) electrons. The Morgan fingerprint density at radius 1 is 1.17 bits per heavy atom. The molecule has 0 fully saturated rings. The van der Waals surface area contributed by atoms with Crippen molar-refractivity contribution in [2.45, 2.75) is 12.8 Å². The summed E-state index contributed by atoms with van der Waals surface area (Å²) in [5, 5.41) is 3.20. The summed E-state index contributed by atoms with van der Waals surface area (Å²) < 4.78 is 14.5. The molecule has 2 aromatic carbocycles. The van der Waals surface area contributed by atoms with Crippen LogP contribution < -0.4 is 14.5 Å². The maximum atomic E-state index is 11.9. The smallest absolute Gasteiger partial charge is 0.305 e. The highest BCUT2D eigenvalue weighted by Gasteiger charge is 2.10. The standard InChI is InChI=1S/C21H21N5O2S2/c1-26(30(2)28)18-6-4-3-5-14(18)7-8-15-11-12-22-20(23-15)24-16-9-10-19-17(13-16)25-21(27)29-19/h3-6,9-13H,7-8H2,1-2H3,(H,25,27)(H,22,23,24). The molecule has 0 aliphatic rings. The summed E-state index contributed by atoms with van der Waals surface area (Å²) in [5.41, 5.74) is 4.60. The molecule has 0 amide bonds. The van der Waals surface area contributed by atoms with Crippen LogP contribution in [0.4, 0.5) is 17.3 Å². The highest BCUT2D eigenvalue weighted by Crippen LogP contribution is 2.23. The lowest BCUT2D eigenvalue weighted by Crippen LogP contribution is -2.20. The topological polar surface area (TPSA) is 91.0 Å². The molecule has 1 unspecified atom stereocenters. The zero-order chi connectivity index (χ0) is 21.1. The first-order valence-corrected chi connectivity index (χ1v) is 11.7. The average Bonchev–Trinajstić information content (AvgIpc) is 3.11.